The molecule has 1 amide bonds. The molecule has 19 heavy (non-hydrogen) atoms. The quantitative estimate of drug-likeness (QED) is 0.627. The first-order valence-electron chi connectivity index (χ1n) is 6.58. The van der Waals surface area contributed by atoms with Crippen LogP contribution in [-0.4, -0.2) is 40.1 Å². The molecule has 1 aromatic heterocycles. The van der Waals surface area contributed by atoms with Crippen molar-refractivity contribution >= 4 is 23.3 Å². The zero-order valence-corrected chi connectivity index (χ0v) is 12.2. The summed E-state index contributed by atoms with van der Waals surface area (Å²) in [5, 5.41) is 0. The van der Waals surface area contributed by atoms with E-state index < -0.39 is 0 Å². The summed E-state index contributed by atoms with van der Waals surface area (Å²) in [6.45, 7) is 5.80. The number of aromatic nitrogens is 1. The first-order chi connectivity index (χ1) is 9.04. The minimum absolute atomic E-state index is 0.0234. The van der Waals surface area contributed by atoms with Crippen LogP contribution in [0.1, 0.15) is 34.6 Å². The largest absolute Gasteiger partial charge is 0.341 e. The van der Waals surface area contributed by atoms with Gasteiger partial charge >= 0.3 is 0 Å². The molecular weight excluding hydrogens is 264 g/mol. The first kappa shape index (κ1) is 14.1. The molecule has 1 saturated heterocycles. The van der Waals surface area contributed by atoms with E-state index in [0.717, 1.165) is 37.3 Å². The number of hydrogen-bond donors (Lipinski definition) is 0. The second kappa shape index (κ2) is 5.78. The van der Waals surface area contributed by atoms with Crippen LogP contribution in [0.4, 0.5) is 0 Å². The van der Waals surface area contributed by atoms with Gasteiger partial charge < -0.3 is 9.47 Å². The molecule has 2 rings (SSSR count). The second-order valence-corrected chi connectivity index (χ2v) is 5.28. The number of halogens is 1. The zero-order valence-electron chi connectivity index (χ0n) is 11.4. The SMILES string of the molecule is Cc1cc(C(=O)CCl)c(C)n1CC(=O)N1CCCC1. The van der Waals surface area contributed by atoms with E-state index in [0.29, 0.717) is 12.1 Å². The summed E-state index contributed by atoms with van der Waals surface area (Å²) in [6, 6.07) is 1.82. The molecule has 104 valence electrons. The fourth-order valence-corrected chi connectivity index (χ4v) is 2.74. The molecule has 0 unspecified atom stereocenters. The Morgan fingerprint density at radius 2 is 1.89 bits per heavy atom. The standard InChI is InChI=1S/C14H19ClN2O2/c1-10-7-12(13(18)8-15)11(2)17(10)9-14(19)16-5-3-4-6-16/h7H,3-6,8-9H2,1-2H3. The molecule has 0 saturated carbocycles. The number of aryl methyl sites for hydroxylation is 1. The van der Waals surface area contributed by atoms with Gasteiger partial charge in [0.2, 0.25) is 5.91 Å². The number of carbonyl (C=O) groups is 2. The van der Waals surface area contributed by atoms with Crippen LogP contribution in [0.5, 0.6) is 0 Å². The van der Waals surface area contributed by atoms with Crippen molar-refractivity contribution in [1.29, 1.82) is 0 Å². The highest BCUT2D eigenvalue weighted by Gasteiger charge is 2.21. The van der Waals surface area contributed by atoms with Gasteiger partial charge in [-0.2, -0.15) is 0 Å². The van der Waals surface area contributed by atoms with Crippen LogP contribution in [0, 0.1) is 13.8 Å². The van der Waals surface area contributed by atoms with Gasteiger partial charge in [0.05, 0.1) is 5.88 Å². The summed E-state index contributed by atoms with van der Waals surface area (Å²) < 4.78 is 1.90. The van der Waals surface area contributed by atoms with Crippen molar-refractivity contribution in [3.63, 3.8) is 0 Å². The summed E-state index contributed by atoms with van der Waals surface area (Å²) >= 11 is 5.60. The lowest BCUT2D eigenvalue weighted by Crippen LogP contribution is -2.31. The van der Waals surface area contributed by atoms with Crippen molar-refractivity contribution in [3.8, 4) is 0 Å². The van der Waals surface area contributed by atoms with Crippen LogP contribution in [0.25, 0.3) is 0 Å². The number of carbonyl (C=O) groups excluding carboxylic acids is 2. The Morgan fingerprint density at radius 3 is 2.47 bits per heavy atom. The predicted molar refractivity (Wildman–Crippen MR) is 74.8 cm³/mol. The second-order valence-electron chi connectivity index (χ2n) is 5.02. The molecule has 1 fully saturated rings. The van der Waals surface area contributed by atoms with Crippen LogP contribution in [0.2, 0.25) is 0 Å². The van der Waals surface area contributed by atoms with Crippen LogP contribution in [-0.2, 0) is 11.3 Å². The van der Waals surface area contributed by atoms with E-state index in [2.05, 4.69) is 0 Å². The molecule has 0 spiro atoms. The number of rotatable bonds is 4. The molecule has 1 aliphatic heterocycles. The Labute approximate surface area is 118 Å². The van der Waals surface area contributed by atoms with Gasteiger partial charge in [0.15, 0.2) is 5.78 Å². The van der Waals surface area contributed by atoms with Gasteiger partial charge in [-0.25, -0.2) is 0 Å². The summed E-state index contributed by atoms with van der Waals surface area (Å²) in [5.41, 5.74) is 2.39. The molecule has 0 N–H and O–H groups in total. The Hall–Kier alpha value is -1.29. The molecule has 1 aromatic rings. The molecule has 1 aliphatic rings. The molecule has 2 heterocycles. The van der Waals surface area contributed by atoms with Gasteiger partial charge in [-0.05, 0) is 32.8 Å². The molecule has 0 bridgehead atoms. The number of likely N-dealkylation sites (tertiary alicyclic amines) is 1. The van der Waals surface area contributed by atoms with E-state index in [-0.39, 0.29) is 17.6 Å². The van der Waals surface area contributed by atoms with Crippen molar-refractivity contribution in [1.82, 2.24) is 9.47 Å². The molecule has 0 radical (unpaired) electrons. The fraction of sp³-hybridized carbons (Fsp3) is 0.571. The van der Waals surface area contributed by atoms with Gasteiger partial charge in [-0.3, -0.25) is 9.59 Å². The summed E-state index contributed by atoms with van der Waals surface area (Å²) in [4.78, 5) is 25.8. The number of ketones is 1. The third kappa shape index (κ3) is 2.84. The minimum Gasteiger partial charge on any atom is -0.341 e. The molecule has 5 heteroatoms. The zero-order chi connectivity index (χ0) is 14.0. The van der Waals surface area contributed by atoms with Crippen LogP contribution in [0.3, 0.4) is 0 Å². The highest BCUT2D eigenvalue weighted by molar-refractivity contribution is 6.30. The van der Waals surface area contributed by atoms with Crippen LogP contribution in [0.15, 0.2) is 6.07 Å². The average Bonchev–Trinajstić information content (AvgIpc) is 3.01. The van der Waals surface area contributed by atoms with Gasteiger partial charge in [0, 0.05) is 30.0 Å². The topological polar surface area (TPSA) is 42.3 Å². The van der Waals surface area contributed by atoms with Gasteiger partial charge in [0.25, 0.3) is 0 Å². The van der Waals surface area contributed by atoms with Crippen molar-refractivity contribution in [2.24, 2.45) is 0 Å². The lowest BCUT2D eigenvalue weighted by atomic mass is 10.2. The Kier molecular flexibility index (Phi) is 4.30. The highest BCUT2D eigenvalue weighted by atomic mass is 35.5. The minimum atomic E-state index is -0.0883. The van der Waals surface area contributed by atoms with Crippen LogP contribution >= 0.6 is 11.6 Å². The average molecular weight is 283 g/mol. The number of hydrogen-bond acceptors (Lipinski definition) is 2. The third-order valence-electron chi connectivity index (χ3n) is 3.75. The Balaban J connectivity index is 2.18. The lowest BCUT2D eigenvalue weighted by Gasteiger charge is -2.17. The molecule has 0 aliphatic carbocycles. The fourth-order valence-electron chi connectivity index (χ4n) is 2.60. The van der Waals surface area contributed by atoms with Crippen molar-refractivity contribution in [2.75, 3.05) is 19.0 Å². The van der Waals surface area contributed by atoms with E-state index in [1.807, 2.05) is 29.4 Å². The smallest absolute Gasteiger partial charge is 0.242 e. The number of amides is 1. The third-order valence-corrected chi connectivity index (χ3v) is 3.99. The summed E-state index contributed by atoms with van der Waals surface area (Å²) in [7, 11) is 0. The molecule has 0 atom stereocenters. The summed E-state index contributed by atoms with van der Waals surface area (Å²) in [6.07, 6.45) is 2.18. The highest BCUT2D eigenvalue weighted by Crippen LogP contribution is 2.17. The van der Waals surface area contributed by atoms with E-state index in [1.165, 1.54) is 0 Å². The molecule has 4 nitrogen and oxygen atoms in total. The van der Waals surface area contributed by atoms with Gasteiger partial charge in [0.1, 0.15) is 6.54 Å². The summed E-state index contributed by atoms with van der Waals surface area (Å²) in [5.74, 6) is 0.0171. The normalized spacial score (nSPS) is 15.0. The van der Waals surface area contributed by atoms with Gasteiger partial charge in [-0.1, -0.05) is 0 Å². The van der Waals surface area contributed by atoms with E-state index in [9.17, 15) is 9.59 Å². The first-order valence-corrected chi connectivity index (χ1v) is 7.11. The van der Waals surface area contributed by atoms with Crippen LogP contribution < -0.4 is 0 Å². The Bertz CT molecular complexity index is 502. The van der Waals surface area contributed by atoms with Crippen molar-refractivity contribution in [3.05, 3.63) is 23.0 Å². The van der Waals surface area contributed by atoms with E-state index >= 15 is 0 Å². The number of Topliss-reactive ketones (excluding diaryl/α,β-unsaturated/α-hetero) is 1. The van der Waals surface area contributed by atoms with E-state index in [4.69, 9.17) is 11.6 Å². The monoisotopic (exact) mass is 282 g/mol. The lowest BCUT2D eigenvalue weighted by molar-refractivity contribution is -0.130. The van der Waals surface area contributed by atoms with Crippen molar-refractivity contribution in [2.45, 2.75) is 33.2 Å². The van der Waals surface area contributed by atoms with E-state index in [1.54, 1.807) is 0 Å². The number of nitrogens with zero attached hydrogens (tertiary/aromatic N) is 2. The van der Waals surface area contributed by atoms with Crippen molar-refractivity contribution < 1.29 is 9.59 Å². The molecular formula is C14H19ClN2O2. The molecule has 0 aromatic carbocycles. The Morgan fingerprint density at radius 1 is 1.26 bits per heavy atom. The predicted octanol–water partition coefficient (Wildman–Crippen LogP) is 2.15. The maximum absolute atomic E-state index is 12.2. The van der Waals surface area contributed by atoms with Gasteiger partial charge in [-0.15, -0.1) is 11.6 Å². The number of alkyl halides is 1. The maximum atomic E-state index is 12.2. The maximum Gasteiger partial charge on any atom is 0.242 e.